The van der Waals surface area contributed by atoms with Crippen LogP contribution in [0.2, 0.25) is 0 Å². The van der Waals surface area contributed by atoms with Gasteiger partial charge in [-0.1, -0.05) is 17.7 Å². The van der Waals surface area contributed by atoms with E-state index in [1.165, 1.54) is 17.0 Å². The first-order valence-electron chi connectivity index (χ1n) is 8.81. The van der Waals surface area contributed by atoms with Crippen LogP contribution in [-0.4, -0.2) is 83.3 Å². The molecule has 1 aromatic rings. The van der Waals surface area contributed by atoms with E-state index < -0.39 is 46.4 Å². The lowest BCUT2D eigenvalue weighted by Gasteiger charge is -2.48. The molecule has 158 valence electrons. The van der Waals surface area contributed by atoms with Crippen LogP contribution in [0.4, 0.5) is 0 Å². The quantitative estimate of drug-likeness (QED) is 0.210. The lowest BCUT2D eigenvalue weighted by Crippen LogP contribution is -2.77. The van der Waals surface area contributed by atoms with Gasteiger partial charge in [0.25, 0.3) is 10.1 Å². The molecule has 12 nitrogen and oxygen atoms in total. The molecule has 0 bridgehead atoms. The van der Waals surface area contributed by atoms with E-state index in [4.69, 9.17) is 15.7 Å². The number of guanidine groups is 2. The van der Waals surface area contributed by atoms with Crippen molar-refractivity contribution in [2.45, 2.75) is 41.5 Å². The molecule has 1 spiro atoms. The van der Waals surface area contributed by atoms with Crippen molar-refractivity contribution >= 4 is 22.0 Å². The van der Waals surface area contributed by atoms with Gasteiger partial charge in [0.15, 0.2) is 23.7 Å². The Morgan fingerprint density at radius 1 is 1.28 bits per heavy atom. The molecule has 3 aliphatic heterocycles. The number of nitrogens with zero attached hydrogens (tertiary/aromatic N) is 3. The molecule has 1 saturated heterocycles. The molecule has 0 aromatic heterocycles. The van der Waals surface area contributed by atoms with Gasteiger partial charge >= 0.3 is 0 Å². The van der Waals surface area contributed by atoms with Crippen LogP contribution in [0.15, 0.2) is 39.1 Å². The summed E-state index contributed by atoms with van der Waals surface area (Å²) < 4.78 is 30.6. The Bertz CT molecular complexity index is 994. The number of aryl methyl sites for hydroxylation is 1. The van der Waals surface area contributed by atoms with Crippen LogP contribution in [0.5, 0.6) is 0 Å². The van der Waals surface area contributed by atoms with E-state index >= 15 is 0 Å². The molecular formula is C16H22N6O6S. The zero-order valence-electron chi connectivity index (χ0n) is 15.4. The molecule has 8 N–H and O–H groups in total. The summed E-state index contributed by atoms with van der Waals surface area (Å²) in [6.45, 7) is 0.994. The highest BCUT2D eigenvalue weighted by Crippen LogP contribution is 2.46. The molecule has 1 unspecified atom stereocenters. The zero-order valence-corrected chi connectivity index (χ0v) is 16.2. The maximum Gasteiger partial charge on any atom is 0.297 e. The second-order valence-electron chi connectivity index (χ2n) is 7.28. The highest BCUT2D eigenvalue weighted by atomic mass is 32.2. The number of benzene rings is 1. The fourth-order valence-electron chi connectivity index (χ4n) is 4.06. The van der Waals surface area contributed by atoms with Crippen LogP contribution in [-0.2, 0) is 14.3 Å². The van der Waals surface area contributed by atoms with E-state index in [-0.39, 0.29) is 23.4 Å². The van der Waals surface area contributed by atoms with Gasteiger partial charge in [-0.2, -0.15) is 8.42 Å². The highest BCUT2D eigenvalue weighted by Gasteiger charge is 2.74. The summed E-state index contributed by atoms with van der Waals surface area (Å²) in [6.07, 6.45) is -1.64. The van der Waals surface area contributed by atoms with E-state index in [2.05, 4.69) is 15.3 Å². The van der Waals surface area contributed by atoms with Crippen molar-refractivity contribution in [2.75, 3.05) is 13.2 Å². The Kier molecular flexibility index (Phi) is 4.29. The predicted molar refractivity (Wildman–Crippen MR) is 101 cm³/mol. The smallest absolute Gasteiger partial charge is 0.297 e. The first-order chi connectivity index (χ1) is 13.5. The minimum atomic E-state index is -4.33. The van der Waals surface area contributed by atoms with Crippen LogP contribution in [0.1, 0.15) is 5.56 Å². The fraction of sp³-hybridized carbons (Fsp3) is 0.500. The molecule has 13 heteroatoms. The summed E-state index contributed by atoms with van der Waals surface area (Å²) in [5, 5.41) is 34.4. The van der Waals surface area contributed by atoms with Crippen molar-refractivity contribution in [1.29, 1.82) is 0 Å². The molecule has 0 amide bonds. The zero-order chi connectivity index (χ0) is 21.2. The third kappa shape index (κ3) is 2.69. The van der Waals surface area contributed by atoms with Gasteiger partial charge in [0.1, 0.15) is 12.1 Å². The molecule has 4 atom stereocenters. The van der Waals surface area contributed by atoms with Gasteiger partial charge in [0, 0.05) is 0 Å². The average Bonchev–Trinajstić information content (AvgIpc) is 3.11. The minimum Gasteiger partial charge on any atom is -0.394 e. The van der Waals surface area contributed by atoms with Gasteiger partial charge in [-0.25, -0.2) is 9.98 Å². The van der Waals surface area contributed by atoms with Gasteiger partial charge in [0.2, 0.25) is 5.79 Å². The highest BCUT2D eigenvalue weighted by molar-refractivity contribution is 7.86. The molecule has 4 rings (SSSR count). The number of hydrogen-bond acceptors (Lipinski definition) is 12. The van der Waals surface area contributed by atoms with Crippen LogP contribution < -0.4 is 16.8 Å². The van der Waals surface area contributed by atoms with Gasteiger partial charge in [-0.15, -0.1) is 0 Å². The number of nitrogens with one attached hydrogen (secondary N) is 1. The molecular weight excluding hydrogens is 404 g/mol. The molecule has 3 aliphatic rings. The maximum absolute atomic E-state index is 12.7. The molecule has 29 heavy (non-hydrogen) atoms. The largest absolute Gasteiger partial charge is 0.394 e. The van der Waals surface area contributed by atoms with E-state index in [9.17, 15) is 23.7 Å². The number of hydrogen-bond donors (Lipinski definition) is 6. The summed E-state index contributed by atoms with van der Waals surface area (Å²) in [5.74, 6) is -3.06. The number of aliphatic imine (C=N–C) groups is 2. The van der Waals surface area contributed by atoms with E-state index in [1.807, 2.05) is 0 Å². The number of rotatable bonds is 4. The molecule has 0 saturated carbocycles. The third-order valence-corrected chi connectivity index (χ3v) is 6.82. The second-order valence-corrected chi connectivity index (χ2v) is 8.85. The van der Waals surface area contributed by atoms with E-state index in [1.54, 1.807) is 19.1 Å². The normalized spacial score (nSPS) is 32.8. The second kappa shape index (κ2) is 6.27. The summed E-state index contributed by atoms with van der Waals surface area (Å²) >= 11 is 0. The fourth-order valence-corrected chi connectivity index (χ4v) is 5.14. The standard InChI is InChI=1S/C16H22N6O6S/c1-8-2-4-9(5-3-8)29(26,27)28-11-6-22-14(18)19-10(7-23)12-15(22,16(11,24)25)21-13(17)20-12/h2-5,10-12,23-25H,6-7H2,1H3,(H2,18,19)(H3,17,20,21)/t10-,11-,12-,15?/m0/s1. The number of nitrogens with two attached hydrogens (primary N) is 2. The lowest BCUT2D eigenvalue weighted by molar-refractivity contribution is -0.252. The van der Waals surface area contributed by atoms with Crippen molar-refractivity contribution in [3.8, 4) is 0 Å². The first-order valence-corrected chi connectivity index (χ1v) is 10.2. The summed E-state index contributed by atoms with van der Waals surface area (Å²) in [5.41, 5.74) is 10.7. The summed E-state index contributed by atoms with van der Waals surface area (Å²) in [6, 6.07) is 3.96. The van der Waals surface area contributed by atoms with Crippen molar-refractivity contribution in [2.24, 2.45) is 21.5 Å². The van der Waals surface area contributed by atoms with Crippen LogP contribution in [0.25, 0.3) is 0 Å². The number of aliphatic hydroxyl groups excluding tert-OH is 1. The van der Waals surface area contributed by atoms with Gasteiger partial charge in [0.05, 0.1) is 18.0 Å². The molecule has 3 heterocycles. The van der Waals surface area contributed by atoms with Crippen LogP contribution in [0.3, 0.4) is 0 Å². The van der Waals surface area contributed by atoms with Crippen LogP contribution >= 0.6 is 0 Å². The van der Waals surface area contributed by atoms with E-state index in [0.717, 1.165) is 5.56 Å². The summed E-state index contributed by atoms with van der Waals surface area (Å²) in [4.78, 5) is 9.36. The summed E-state index contributed by atoms with van der Waals surface area (Å²) in [7, 11) is -4.33. The Labute approximate surface area is 166 Å². The molecule has 0 aliphatic carbocycles. The minimum absolute atomic E-state index is 0.127. The Morgan fingerprint density at radius 2 is 1.93 bits per heavy atom. The maximum atomic E-state index is 12.7. The van der Waals surface area contributed by atoms with Crippen molar-refractivity contribution in [3.05, 3.63) is 29.8 Å². The van der Waals surface area contributed by atoms with Gasteiger partial charge in [-0.3, -0.25) is 4.18 Å². The molecule has 0 radical (unpaired) electrons. The van der Waals surface area contributed by atoms with E-state index in [0.29, 0.717) is 0 Å². The van der Waals surface area contributed by atoms with Crippen LogP contribution in [0, 0.1) is 6.92 Å². The number of aliphatic hydroxyl groups is 3. The van der Waals surface area contributed by atoms with Crippen molar-refractivity contribution in [3.63, 3.8) is 0 Å². The monoisotopic (exact) mass is 426 g/mol. The van der Waals surface area contributed by atoms with Gasteiger partial charge in [-0.05, 0) is 19.1 Å². The predicted octanol–water partition coefficient (Wildman–Crippen LogP) is -3.26. The molecule has 1 aromatic carbocycles. The topological polar surface area (TPSA) is 196 Å². The SMILES string of the molecule is Cc1ccc(S(=O)(=O)O[C@H]2CN3C(N)=N[C@@H](CO)[C@@H]4N=C(N)NC43C2(O)O)cc1. The Balaban J connectivity index is 1.72. The van der Waals surface area contributed by atoms with Crippen molar-refractivity contribution in [1.82, 2.24) is 10.2 Å². The third-order valence-electron chi connectivity index (χ3n) is 5.49. The Morgan fingerprint density at radius 3 is 2.55 bits per heavy atom. The lowest BCUT2D eigenvalue weighted by atomic mass is 9.86. The average molecular weight is 426 g/mol. The molecule has 1 fully saturated rings. The Hall–Kier alpha value is -2.45. The van der Waals surface area contributed by atoms with Gasteiger partial charge < -0.3 is 37.0 Å². The first kappa shape index (κ1) is 19.8. The van der Waals surface area contributed by atoms with Crippen molar-refractivity contribution < 1.29 is 27.9 Å².